The Balaban J connectivity index is 2.05. The molecule has 82 valence electrons. The summed E-state index contributed by atoms with van der Waals surface area (Å²) in [4.78, 5) is 12.9. The van der Waals surface area contributed by atoms with Crippen molar-refractivity contribution in [2.45, 2.75) is 24.3 Å². The van der Waals surface area contributed by atoms with Gasteiger partial charge in [0.1, 0.15) is 0 Å². The van der Waals surface area contributed by atoms with Crippen molar-refractivity contribution in [3.63, 3.8) is 0 Å². The first kappa shape index (κ1) is 10.6. The van der Waals surface area contributed by atoms with Gasteiger partial charge in [0.15, 0.2) is 0 Å². The maximum Gasteiger partial charge on any atom is 0.268 e. The molecular formula is C11H15ClN2O. The molecule has 0 bridgehead atoms. The van der Waals surface area contributed by atoms with Crippen LogP contribution in [0, 0.1) is 0 Å². The summed E-state index contributed by atoms with van der Waals surface area (Å²) in [6.45, 7) is 1.65. The van der Waals surface area contributed by atoms with Crippen LogP contribution in [-0.2, 0) is 4.79 Å². The van der Waals surface area contributed by atoms with Gasteiger partial charge in [0.2, 0.25) is 5.00 Å². The Kier molecular flexibility index (Phi) is 3.00. The molecule has 0 radical (unpaired) electrons. The number of allylic oxidation sites excluding steroid dienone is 2. The zero-order valence-corrected chi connectivity index (χ0v) is 9.33. The maximum atomic E-state index is 12.1. The van der Waals surface area contributed by atoms with Gasteiger partial charge >= 0.3 is 0 Å². The molecule has 1 unspecified atom stereocenters. The van der Waals surface area contributed by atoms with E-state index in [0.29, 0.717) is 0 Å². The van der Waals surface area contributed by atoms with Crippen LogP contribution in [0.5, 0.6) is 0 Å². The van der Waals surface area contributed by atoms with E-state index in [1.807, 2.05) is 11.0 Å². The van der Waals surface area contributed by atoms with Gasteiger partial charge in [-0.2, -0.15) is 0 Å². The quantitative estimate of drug-likeness (QED) is 0.544. The van der Waals surface area contributed by atoms with Crippen LogP contribution in [0.25, 0.3) is 0 Å². The molecule has 0 aromatic heterocycles. The smallest absolute Gasteiger partial charge is 0.268 e. The van der Waals surface area contributed by atoms with Crippen molar-refractivity contribution in [1.29, 1.82) is 0 Å². The topological polar surface area (TPSA) is 32.3 Å². The minimum absolute atomic E-state index is 0.0375. The zero-order valence-electron chi connectivity index (χ0n) is 8.58. The van der Waals surface area contributed by atoms with Crippen molar-refractivity contribution in [2.75, 3.05) is 13.1 Å². The highest BCUT2D eigenvalue weighted by Gasteiger charge is 2.37. The Labute approximate surface area is 94.8 Å². The maximum absolute atomic E-state index is 12.1. The van der Waals surface area contributed by atoms with Crippen LogP contribution in [0.15, 0.2) is 24.4 Å². The average Bonchev–Trinajstić information content (AvgIpc) is 2.30. The van der Waals surface area contributed by atoms with Crippen molar-refractivity contribution in [3.05, 3.63) is 24.4 Å². The van der Waals surface area contributed by atoms with E-state index in [0.717, 1.165) is 25.9 Å². The highest BCUT2D eigenvalue weighted by molar-refractivity contribution is 6.36. The van der Waals surface area contributed by atoms with Gasteiger partial charge in [-0.15, -0.1) is 0 Å². The SMILES string of the molecule is O=C(N1CCCCC1)C1(Cl)C=CC=CN1. The number of carbonyl (C=O) groups is 1. The van der Waals surface area contributed by atoms with Crippen LogP contribution >= 0.6 is 11.6 Å². The molecule has 1 fully saturated rings. The molecule has 0 aromatic carbocycles. The van der Waals surface area contributed by atoms with Gasteiger partial charge in [-0.05, 0) is 37.6 Å². The molecule has 0 aliphatic carbocycles. The largest absolute Gasteiger partial charge is 0.362 e. The van der Waals surface area contributed by atoms with Crippen molar-refractivity contribution >= 4 is 17.5 Å². The van der Waals surface area contributed by atoms with Crippen LogP contribution in [0.3, 0.4) is 0 Å². The number of rotatable bonds is 1. The number of halogens is 1. The summed E-state index contributed by atoms with van der Waals surface area (Å²) in [6.07, 6.45) is 10.4. The molecule has 15 heavy (non-hydrogen) atoms. The van der Waals surface area contributed by atoms with Crippen molar-refractivity contribution in [3.8, 4) is 0 Å². The molecule has 0 spiro atoms. The second-order valence-electron chi connectivity index (χ2n) is 3.93. The molecule has 2 aliphatic rings. The first-order chi connectivity index (χ1) is 7.22. The van der Waals surface area contributed by atoms with E-state index in [1.54, 1.807) is 18.4 Å². The molecule has 2 heterocycles. The number of hydrogen-bond donors (Lipinski definition) is 1. The molecule has 2 aliphatic heterocycles. The van der Waals surface area contributed by atoms with Crippen LogP contribution in [-0.4, -0.2) is 28.9 Å². The number of carbonyl (C=O) groups excluding carboxylic acids is 1. The lowest BCUT2D eigenvalue weighted by Gasteiger charge is -2.34. The van der Waals surface area contributed by atoms with Gasteiger partial charge < -0.3 is 10.2 Å². The molecule has 1 amide bonds. The normalized spacial score (nSPS) is 30.1. The number of alkyl halides is 1. The van der Waals surface area contributed by atoms with Crippen LogP contribution in [0.1, 0.15) is 19.3 Å². The van der Waals surface area contributed by atoms with Crippen LogP contribution in [0.2, 0.25) is 0 Å². The molecule has 0 aromatic rings. The Morgan fingerprint density at radius 3 is 2.60 bits per heavy atom. The van der Waals surface area contributed by atoms with Gasteiger partial charge in [-0.25, -0.2) is 0 Å². The second-order valence-corrected chi connectivity index (χ2v) is 4.52. The number of dihydropyridines is 1. The van der Waals surface area contributed by atoms with E-state index in [-0.39, 0.29) is 5.91 Å². The summed E-state index contributed by atoms with van der Waals surface area (Å²) in [5.41, 5.74) is 0. The average molecular weight is 227 g/mol. The predicted molar refractivity (Wildman–Crippen MR) is 60.4 cm³/mol. The van der Waals surface area contributed by atoms with Crippen molar-refractivity contribution in [1.82, 2.24) is 10.2 Å². The summed E-state index contributed by atoms with van der Waals surface area (Å²) < 4.78 is 0. The molecule has 0 saturated carbocycles. The third-order valence-corrected chi connectivity index (χ3v) is 3.18. The highest BCUT2D eigenvalue weighted by atomic mass is 35.5. The van der Waals surface area contributed by atoms with Crippen LogP contribution < -0.4 is 5.32 Å². The van der Waals surface area contributed by atoms with Gasteiger partial charge in [0.05, 0.1) is 0 Å². The highest BCUT2D eigenvalue weighted by Crippen LogP contribution is 2.22. The lowest BCUT2D eigenvalue weighted by molar-refractivity contribution is -0.134. The van der Waals surface area contributed by atoms with Crippen molar-refractivity contribution in [2.24, 2.45) is 0 Å². The lowest BCUT2D eigenvalue weighted by atomic mass is 10.1. The fourth-order valence-electron chi connectivity index (χ4n) is 1.92. The van der Waals surface area contributed by atoms with E-state index >= 15 is 0 Å². The number of amides is 1. The standard InChI is InChI=1S/C11H15ClN2O/c12-11(6-2-3-7-13-11)10(15)14-8-4-1-5-9-14/h2-3,6-7,13H,1,4-5,8-9H2. The second kappa shape index (κ2) is 4.27. The minimum atomic E-state index is -1.06. The summed E-state index contributed by atoms with van der Waals surface area (Å²) >= 11 is 6.22. The number of likely N-dealkylation sites (tertiary alicyclic amines) is 1. The number of piperidine rings is 1. The monoisotopic (exact) mass is 226 g/mol. The van der Waals surface area contributed by atoms with Gasteiger partial charge in [0.25, 0.3) is 5.91 Å². The first-order valence-corrected chi connectivity index (χ1v) is 5.70. The lowest BCUT2D eigenvalue weighted by Crippen LogP contribution is -2.53. The Morgan fingerprint density at radius 1 is 1.27 bits per heavy atom. The third-order valence-electron chi connectivity index (χ3n) is 2.78. The van der Waals surface area contributed by atoms with Gasteiger partial charge in [0, 0.05) is 13.1 Å². The summed E-state index contributed by atoms with van der Waals surface area (Å²) in [5, 5.41) is 2.90. The molecule has 1 N–H and O–H groups in total. The van der Waals surface area contributed by atoms with E-state index in [9.17, 15) is 4.79 Å². The number of hydrogen-bond acceptors (Lipinski definition) is 2. The molecule has 1 saturated heterocycles. The molecule has 3 nitrogen and oxygen atoms in total. The summed E-state index contributed by atoms with van der Waals surface area (Å²) in [7, 11) is 0. The number of nitrogens with one attached hydrogen (secondary N) is 1. The summed E-state index contributed by atoms with van der Waals surface area (Å²) in [6, 6.07) is 0. The third kappa shape index (κ3) is 2.17. The molecule has 1 atom stereocenters. The van der Waals surface area contributed by atoms with E-state index in [1.165, 1.54) is 6.42 Å². The zero-order chi connectivity index (χ0) is 10.7. The van der Waals surface area contributed by atoms with E-state index < -0.39 is 5.00 Å². The first-order valence-electron chi connectivity index (χ1n) is 5.33. The molecule has 4 heteroatoms. The summed E-state index contributed by atoms with van der Waals surface area (Å²) in [5.74, 6) is -0.0375. The minimum Gasteiger partial charge on any atom is -0.362 e. The molecular weight excluding hydrogens is 212 g/mol. The fourth-order valence-corrected chi connectivity index (χ4v) is 2.18. The number of nitrogens with zero attached hydrogens (tertiary/aromatic N) is 1. The van der Waals surface area contributed by atoms with Gasteiger partial charge in [-0.1, -0.05) is 17.7 Å². The van der Waals surface area contributed by atoms with E-state index in [4.69, 9.17) is 11.6 Å². The Hall–Kier alpha value is -0.960. The fraction of sp³-hybridized carbons (Fsp3) is 0.545. The van der Waals surface area contributed by atoms with E-state index in [2.05, 4.69) is 5.32 Å². The Bertz CT molecular complexity index is 308. The van der Waals surface area contributed by atoms with Gasteiger partial charge in [-0.3, -0.25) is 4.79 Å². The van der Waals surface area contributed by atoms with Crippen LogP contribution in [0.4, 0.5) is 0 Å². The predicted octanol–water partition coefficient (Wildman–Crippen LogP) is 1.61. The molecule has 2 rings (SSSR count). The Morgan fingerprint density at radius 2 is 2.00 bits per heavy atom. The van der Waals surface area contributed by atoms with Crippen molar-refractivity contribution < 1.29 is 4.79 Å².